The van der Waals surface area contributed by atoms with Gasteiger partial charge in [-0.15, -0.1) is 5.10 Å². The Morgan fingerprint density at radius 1 is 1.00 bits per heavy atom. The molecule has 1 aliphatic carbocycles. The van der Waals surface area contributed by atoms with Gasteiger partial charge in [0.2, 0.25) is 0 Å². The minimum absolute atomic E-state index is 0.0835. The first-order valence-corrected chi connectivity index (χ1v) is 13.6. The van der Waals surface area contributed by atoms with Gasteiger partial charge in [0, 0.05) is 49.0 Å². The zero-order valence-corrected chi connectivity index (χ0v) is 22.1. The number of nitrogens with zero attached hydrogens (tertiary/aromatic N) is 6. The van der Waals surface area contributed by atoms with E-state index in [0.29, 0.717) is 5.56 Å². The molecule has 2 fully saturated rings. The molecule has 4 aromatic rings. The van der Waals surface area contributed by atoms with Gasteiger partial charge in [-0.25, -0.2) is 4.68 Å². The molecule has 2 aromatic carbocycles. The lowest BCUT2D eigenvalue weighted by Crippen LogP contribution is -2.49. The Hall–Kier alpha value is -3.72. The molecule has 1 saturated heterocycles. The average Bonchev–Trinajstić information content (AvgIpc) is 3.44. The van der Waals surface area contributed by atoms with Gasteiger partial charge < -0.3 is 14.6 Å². The topological polar surface area (TPSA) is 92.2 Å². The van der Waals surface area contributed by atoms with Crippen LogP contribution < -0.4 is 15.2 Å². The van der Waals surface area contributed by atoms with Gasteiger partial charge in [0.15, 0.2) is 5.82 Å². The Morgan fingerprint density at radius 3 is 2.61 bits per heavy atom. The van der Waals surface area contributed by atoms with E-state index >= 15 is 0 Å². The quantitative estimate of drug-likeness (QED) is 0.412. The molecular weight excluding hydrogens is 478 g/mol. The summed E-state index contributed by atoms with van der Waals surface area (Å²) in [5, 5.41) is 14.2. The number of fused-ring (bicyclic) bond motifs is 1. The highest BCUT2D eigenvalue weighted by atomic mass is 16.5. The van der Waals surface area contributed by atoms with Crippen LogP contribution in [-0.2, 0) is 0 Å². The molecule has 198 valence electrons. The van der Waals surface area contributed by atoms with E-state index in [1.165, 1.54) is 19.3 Å². The number of aromatic nitrogens is 5. The van der Waals surface area contributed by atoms with Crippen LogP contribution in [0.1, 0.15) is 61.1 Å². The molecule has 2 aliphatic rings. The second kappa shape index (κ2) is 10.6. The number of hydrogen-bond acceptors (Lipinski definition) is 7. The minimum Gasteiger partial charge on any atom is -0.497 e. The van der Waals surface area contributed by atoms with E-state index in [1.807, 2.05) is 35.0 Å². The van der Waals surface area contributed by atoms with E-state index < -0.39 is 0 Å². The third-order valence-electron chi connectivity index (χ3n) is 8.10. The zero-order valence-electron chi connectivity index (χ0n) is 22.1. The van der Waals surface area contributed by atoms with Crippen molar-refractivity contribution < 1.29 is 4.74 Å². The Kier molecular flexibility index (Phi) is 6.84. The first-order chi connectivity index (χ1) is 18.6. The summed E-state index contributed by atoms with van der Waals surface area (Å²) in [7, 11) is 1.70. The molecule has 6 rings (SSSR count). The van der Waals surface area contributed by atoms with Gasteiger partial charge in [-0.05, 0) is 65.9 Å². The van der Waals surface area contributed by atoms with Gasteiger partial charge >= 0.3 is 0 Å². The predicted octanol–water partition coefficient (Wildman–Crippen LogP) is 4.25. The lowest BCUT2D eigenvalue weighted by Gasteiger charge is -2.40. The number of hydrogen-bond donors (Lipinski definition) is 1. The van der Waals surface area contributed by atoms with Crippen LogP contribution in [0.15, 0.2) is 53.3 Å². The van der Waals surface area contributed by atoms with Crippen LogP contribution >= 0.6 is 0 Å². The van der Waals surface area contributed by atoms with Gasteiger partial charge in [-0.3, -0.25) is 9.69 Å². The Bertz CT molecular complexity index is 1470. The lowest BCUT2D eigenvalue weighted by molar-refractivity contribution is 0.192. The second-order valence-electron chi connectivity index (χ2n) is 10.5. The van der Waals surface area contributed by atoms with Crippen molar-refractivity contribution in [2.75, 3.05) is 38.2 Å². The fraction of sp³-hybridized carbons (Fsp3) is 0.448. The number of tetrazole rings is 1. The van der Waals surface area contributed by atoms with E-state index in [-0.39, 0.29) is 17.6 Å². The monoisotopic (exact) mass is 513 g/mol. The third-order valence-corrected chi connectivity index (χ3v) is 8.10. The fourth-order valence-electron chi connectivity index (χ4n) is 6.06. The number of piperazine rings is 1. The highest BCUT2D eigenvalue weighted by Crippen LogP contribution is 2.34. The Balaban J connectivity index is 1.37. The summed E-state index contributed by atoms with van der Waals surface area (Å²) in [6.07, 6.45) is 5.77. The molecule has 0 radical (unpaired) electrons. The van der Waals surface area contributed by atoms with Crippen molar-refractivity contribution >= 4 is 16.6 Å². The molecule has 1 atom stereocenters. The number of H-pyrrole nitrogens is 1. The molecule has 0 bridgehead atoms. The molecule has 1 unspecified atom stereocenters. The zero-order chi connectivity index (χ0) is 26.1. The number of aryl methyl sites for hydroxylation is 1. The van der Waals surface area contributed by atoms with Crippen molar-refractivity contribution in [2.45, 2.75) is 51.1 Å². The molecule has 1 N–H and O–H groups in total. The maximum absolute atomic E-state index is 13.6. The number of aromatic amines is 1. The van der Waals surface area contributed by atoms with Crippen molar-refractivity contribution in [3.8, 4) is 5.75 Å². The number of anilines is 1. The normalized spacial score (nSPS) is 18.1. The standard InChI is InChI=1S/C29H35N7O2/c1-20-11-12-26-21(17-20)18-25(29(37)30-26)27(28-31-32-33-36(28)22-7-4-3-5-8-22)35-15-13-34(14-16-35)23-9-6-10-24(19-23)38-2/h6,9-12,17-19,22,27H,3-5,7-8,13-16H2,1-2H3,(H,30,37). The molecule has 0 amide bonds. The van der Waals surface area contributed by atoms with Crippen LogP contribution in [0.4, 0.5) is 5.69 Å². The van der Waals surface area contributed by atoms with E-state index in [2.05, 4.69) is 55.4 Å². The van der Waals surface area contributed by atoms with Crippen LogP contribution in [0, 0.1) is 6.92 Å². The molecular formula is C29H35N7O2. The van der Waals surface area contributed by atoms with Gasteiger partial charge in [0.25, 0.3) is 5.56 Å². The van der Waals surface area contributed by atoms with E-state index in [4.69, 9.17) is 4.74 Å². The Labute approximate surface area is 222 Å². The first-order valence-electron chi connectivity index (χ1n) is 13.6. The summed E-state index contributed by atoms with van der Waals surface area (Å²) in [5.74, 6) is 1.62. The SMILES string of the molecule is COc1cccc(N2CCN(C(c3cc4cc(C)ccc4[nH]c3=O)c3nnnn3C3CCCCC3)CC2)c1. The number of rotatable bonds is 6. The highest BCUT2D eigenvalue weighted by molar-refractivity contribution is 5.79. The Morgan fingerprint density at radius 2 is 1.82 bits per heavy atom. The van der Waals surface area contributed by atoms with Crippen molar-refractivity contribution in [2.24, 2.45) is 0 Å². The van der Waals surface area contributed by atoms with Crippen LogP contribution in [0.2, 0.25) is 0 Å². The number of ether oxygens (including phenoxy) is 1. The fourth-order valence-corrected chi connectivity index (χ4v) is 6.06. The molecule has 1 saturated carbocycles. The molecule has 0 spiro atoms. The smallest absolute Gasteiger partial charge is 0.253 e. The summed E-state index contributed by atoms with van der Waals surface area (Å²) in [5.41, 5.74) is 3.76. The van der Waals surface area contributed by atoms with Crippen molar-refractivity contribution in [3.05, 3.63) is 75.8 Å². The minimum atomic E-state index is -0.326. The maximum Gasteiger partial charge on any atom is 0.253 e. The first kappa shape index (κ1) is 24.6. The van der Waals surface area contributed by atoms with Crippen LogP contribution in [-0.4, -0.2) is 63.4 Å². The summed E-state index contributed by atoms with van der Waals surface area (Å²) in [6.45, 7) is 5.30. The van der Waals surface area contributed by atoms with Gasteiger partial charge in [0.1, 0.15) is 11.8 Å². The number of pyridine rings is 1. The number of benzene rings is 2. The lowest BCUT2D eigenvalue weighted by atomic mass is 9.95. The van der Waals surface area contributed by atoms with E-state index in [1.54, 1.807) is 7.11 Å². The summed E-state index contributed by atoms with van der Waals surface area (Å²) in [4.78, 5) is 21.4. The summed E-state index contributed by atoms with van der Waals surface area (Å²) < 4.78 is 7.45. The van der Waals surface area contributed by atoms with E-state index in [0.717, 1.165) is 72.7 Å². The van der Waals surface area contributed by atoms with Crippen molar-refractivity contribution in [3.63, 3.8) is 0 Å². The second-order valence-corrected chi connectivity index (χ2v) is 10.5. The maximum atomic E-state index is 13.6. The molecule has 38 heavy (non-hydrogen) atoms. The van der Waals surface area contributed by atoms with Gasteiger partial charge in [0.05, 0.1) is 13.2 Å². The predicted molar refractivity (Wildman–Crippen MR) is 148 cm³/mol. The van der Waals surface area contributed by atoms with Crippen molar-refractivity contribution in [1.82, 2.24) is 30.1 Å². The summed E-state index contributed by atoms with van der Waals surface area (Å²) >= 11 is 0. The number of methoxy groups -OCH3 is 1. The van der Waals surface area contributed by atoms with Gasteiger partial charge in [-0.1, -0.05) is 37.0 Å². The number of nitrogens with one attached hydrogen (secondary N) is 1. The van der Waals surface area contributed by atoms with Crippen LogP contribution in [0.5, 0.6) is 5.75 Å². The van der Waals surface area contributed by atoms with Crippen molar-refractivity contribution in [1.29, 1.82) is 0 Å². The third kappa shape index (κ3) is 4.78. The van der Waals surface area contributed by atoms with Gasteiger partial charge in [-0.2, -0.15) is 0 Å². The van der Waals surface area contributed by atoms with Crippen LogP contribution in [0.25, 0.3) is 10.9 Å². The molecule has 1 aliphatic heterocycles. The largest absolute Gasteiger partial charge is 0.497 e. The highest BCUT2D eigenvalue weighted by Gasteiger charge is 2.34. The molecule has 3 heterocycles. The molecule has 9 nitrogen and oxygen atoms in total. The molecule has 9 heteroatoms. The molecule has 2 aromatic heterocycles. The summed E-state index contributed by atoms with van der Waals surface area (Å²) in [6, 6.07) is 16.3. The van der Waals surface area contributed by atoms with E-state index in [9.17, 15) is 4.79 Å². The van der Waals surface area contributed by atoms with Crippen LogP contribution in [0.3, 0.4) is 0 Å². The average molecular weight is 514 g/mol.